The van der Waals surface area contributed by atoms with E-state index in [9.17, 15) is 22.8 Å². The number of amides is 2. The van der Waals surface area contributed by atoms with E-state index in [2.05, 4.69) is 25.3 Å². The average Bonchev–Trinajstić information content (AvgIpc) is 3.50. The summed E-state index contributed by atoms with van der Waals surface area (Å²) in [5.74, 6) is -2.46. The van der Waals surface area contributed by atoms with E-state index in [1.807, 2.05) is 0 Å². The van der Waals surface area contributed by atoms with Crippen LogP contribution in [-0.2, 0) is 17.5 Å². The maximum absolute atomic E-state index is 15.3. The van der Waals surface area contributed by atoms with Crippen LogP contribution in [0.4, 0.5) is 34.8 Å². The molecule has 0 radical (unpaired) electrons. The molecule has 0 bridgehead atoms. The summed E-state index contributed by atoms with van der Waals surface area (Å²) in [6.07, 6.45) is -0.896. The van der Waals surface area contributed by atoms with Crippen molar-refractivity contribution in [3.8, 4) is 0 Å². The first kappa shape index (κ1) is 27.3. The number of aromatic nitrogens is 3. The van der Waals surface area contributed by atoms with Crippen LogP contribution in [0, 0.1) is 12.4 Å². The molecule has 4 aromatic rings. The van der Waals surface area contributed by atoms with E-state index in [1.165, 1.54) is 17.0 Å². The summed E-state index contributed by atoms with van der Waals surface area (Å²) in [5, 5.41) is 10.0. The first-order valence-electron chi connectivity index (χ1n) is 12.7. The van der Waals surface area contributed by atoms with Crippen molar-refractivity contribution < 1.29 is 27.2 Å². The second-order valence-corrected chi connectivity index (χ2v) is 10.3. The standard InChI is InChI=1S/C28H19F4N7O2S/c1-33-23-20(28(30,31)32)10-19(14-34-23)38-25(41)27(7-2-8-27)39(26(38)42)18-5-3-16(21(29)11-18)12-35-24(40)15-4-6-22-17(9-15)13-36-37-22/h3-6,9-11,13-14H,2,7-8,12H2,(H,35,40)(H,36,37). The SMILES string of the molecule is [C-]#[N+]c1ncc(N2C(=O)C3(CCC3)N(c3ccc(CNC(=O)c4ccc5[nH]ncc5c4)c(F)c3)C2=S)cc1C(F)(F)F. The quantitative estimate of drug-likeness (QED) is 0.176. The van der Waals surface area contributed by atoms with Gasteiger partial charge in [-0.15, -0.1) is 4.98 Å². The van der Waals surface area contributed by atoms with E-state index in [4.69, 9.17) is 18.8 Å². The molecule has 2 aliphatic rings. The summed E-state index contributed by atoms with van der Waals surface area (Å²) in [5.41, 5.74) is -1.12. The van der Waals surface area contributed by atoms with Gasteiger partial charge in [0.1, 0.15) is 17.6 Å². The van der Waals surface area contributed by atoms with E-state index in [1.54, 1.807) is 30.5 Å². The van der Waals surface area contributed by atoms with E-state index in [0.29, 0.717) is 30.9 Å². The van der Waals surface area contributed by atoms with Crippen molar-refractivity contribution in [1.29, 1.82) is 0 Å². The first-order chi connectivity index (χ1) is 20.0. The number of nitrogens with one attached hydrogen (secondary N) is 2. The van der Waals surface area contributed by atoms with Gasteiger partial charge in [0.2, 0.25) is 0 Å². The molecule has 3 heterocycles. The van der Waals surface area contributed by atoms with Crippen LogP contribution in [0.25, 0.3) is 15.7 Å². The number of rotatable bonds is 5. The second kappa shape index (κ2) is 9.88. The predicted octanol–water partition coefficient (Wildman–Crippen LogP) is 5.66. The first-order valence-corrected chi connectivity index (χ1v) is 13.1. The number of aromatic amines is 1. The van der Waals surface area contributed by atoms with Crippen LogP contribution in [0.15, 0.2) is 54.9 Å². The lowest BCUT2D eigenvalue weighted by atomic mass is 9.75. The van der Waals surface area contributed by atoms with Crippen LogP contribution in [0.1, 0.15) is 40.7 Å². The van der Waals surface area contributed by atoms with Gasteiger partial charge in [0.15, 0.2) is 5.11 Å². The zero-order chi connectivity index (χ0) is 29.8. The minimum Gasteiger partial charge on any atom is -0.360 e. The van der Waals surface area contributed by atoms with Crippen molar-refractivity contribution in [1.82, 2.24) is 20.5 Å². The molecule has 0 atom stereocenters. The second-order valence-electron chi connectivity index (χ2n) is 9.95. The highest BCUT2D eigenvalue weighted by atomic mass is 32.1. The predicted molar refractivity (Wildman–Crippen MR) is 148 cm³/mol. The Bertz CT molecular complexity index is 1830. The number of fused-ring (bicyclic) bond motifs is 1. The average molecular weight is 594 g/mol. The number of carbonyl (C=O) groups is 2. The van der Waals surface area contributed by atoms with Crippen LogP contribution in [0.3, 0.4) is 0 Å². The van der Waals surface area contributed by atoms with Gasteiger partial charge in [-0.25, -0.2) is 4.39 Å². The van der Waals surface area contributed by atoms with Crippen molar-refractivity contribution in [3.63, 3.8) is 0 Å². The van der Waals surface area contributed by atoms with Crippen LogP contribution in [-0.4, -0.2) is 37.6 Å². The van der Waals surface area contributed by atoms with Crippen molar-refractivity contribution in [2.75, 3.05) is 9.80 Å². The molecule has 1 saturated heterocycles. The fourth-order valence-electron chi connectivity index (χ4n) is 5.25. The Hall–Kier alpha value is -4.90. The van der Waals surface area contributed by atoms with E-state index >= 15 is 4.39 Å². The van der Waals surface area contributed by atoms with Crippen LogP contribution in [0.5, 0.6) is 0 Å². The number of carbonyl (C=O) groups excluding carboxylic acids is 2. The van der Waals surface area contributed by atoms with Gasteiger partial charge in [0, 0.05) is 28.7 Å². The van der Waals surface area contributed by atoms with Crippen molar-refractivity contribution in [3.05, 3.63) is 88.8 Å². The molecule has 1 aliphatic heterocycles. The third-order valence-electron chi connectivity index (χ3n) is 7.55. The molecule has 1 spiro atoms. The number of nitrogens with zero attached hydrogens (tertiary/aromatic N) is 5. The Kier molecular flexibility index (Phi) is 6.42. The molecule has 2 aromatic heterocycles. The molecule has 9 nitrogen and oxygen atoms in total. The molecule has 0 unspecified atom stereocenters. The van der Waals surface area contributed by atoms with Gasteiger partial charge in [-0.2, -0.15) is 18.3 Å². The van der Waals surface area contributed by atoms with Crippen molar-refractivity contribution >= 4 is 57.2 Å². The third-order valence-corrected chi connectivity index (χ3v) is 7.92. The largest absolute Gasteiger partial charge is 0.409 e. The fourth-order valence-corrected chi connectivity index (χ4v) is 5.72. The summed E-state index contributed by atoms with van der Waals surface area (Å²) < 4.78 is 56.1. The monoisotopic (exact) mass is 593 g/mol. The zero-order valence-electron chi connectivity index (χ0n) is 21.5. The number of H-pyrrole nitrogens is 1. The Morgan fingerprint density at radius 2 is 1.93 bits per heavy atom. The Labute approximate surface area is 240 Å². The number of hydrogen-bond acceptors (Lipinski definition) is 5. The summed E-state index contributed by atoms with van der Waals surface area (Å²) in [4.78, 5) is 35.2. The smallest absolute Gasteiger partial charge is 0.360 e. The highest BCUT2D eigenvalue weighted by Crippen LogP contribution is 2.48. The maximum Gasteiger partial charge on any atom is 0.409 e. The normalized spacial score (nSPS) is 16.2. The topological polar surface area (TPSA) is 98.6 Å². The zero-order valence-corrected chi connectivity index (χ0v) is 22.3. The molecule has 42 heavy (non-hydrogen) atoms. The van der Waals surface area contributed by atoms with Gasteiger partial charge in [-0.3, -0.25) is 19.6 Å². The molecule has 14 heteroatoms. The maximum atomic E-state index is 15.3. The molecular weight excluding hydrogens is 574 g/mol. The molecule has 212 valence electrons. The summed E-state index contributed by atoms with van der Waals surface area (Å²) >= 11 is 5.57. The van der Waals surface area contributed by atoms with Gasteiger partial charge in [-0.1, -0.05) is 12.6 Å². The van der Waals surface area contributed by atoms with E-state index in [0.717, 1.165) is 22.0 Å². The Balaban J connectivity index is 1.26. The van der Waals surface area contributed by atoms with Gasteiger partial charge >= 0.3 is 6.18 Å². The molecule has 1 saturated carbocycles. The summed E-state index contributed by atoms with van der Waals surface area (Å²) in [7, 11) is 0. The molecule has 2 N–H and O–H groups in total. The molecule has 6 rings (SSSR count). The van der Waals surface area contributed by atoms with Crippen molar-refractivity contribution in [2.45, 2.75) is 37.5 Å². The van der Waals surface area contributed by atoms with Crippen LogP contribution in [0.2, 0.25) is 0 Å². The number of benzene rings is 2. The van der Waals surface area contributed by atoms with E-state index in [-0.39, 0.29) is 28.6 Å². The van der Waals surface area contributed by atoms with Gasteiger partial charge in [0.05, 0.1) is 23.0 Å². The molecular formula is C28H19F4N7O2S. The van der Waals surface area contributed by atoms with Crippen LogP contribution < -0.4 is 15.1 Å². The number of alkyl halides is 3. The Morgan fingerprint density at radius 1 is 1.14 bits per heavy atom. The van der Waals surface area contributed by atoms with Gasteiger partial charge < -0.3 is 15.1 Å². The fraction of sp³-hybridized carbons (Fsp3) is 0.214. The lowest BCUT2D eigenvalue weighted by molar-refractivity contribution is -0.137. The number of hydrogen-bond donors (Lipinski definition) is 2. The summed E-state index contributed by atoms with van der Waals surface area (Å²) in [6, 6.07) is 9.86. The Morgan fingerprint density at radius 3 is 2.60 bits per heavy atom. The van der Waals surface area contributed by atoms with Gasteiger partial charge in [-0.05, 0) is 67.9 Å². The minimum atomic E-state index is -4.87. The minimum absolute atomic E-state index is 0.117. The summed E-state index contributed by atoms with van der Waals surface area (Å²) in [6.45, 7) is 6.90. The van der Waals surface area contributed by atoms with Crippen molar-refractivity contribution in [2.24, 2.45) is 0 Å². The molecule has 2 fully saturated rings. The van der Waals surface area contributed by atoms with Crippen LogP contribution >= 0.6 is 12.2 Å². The lowest BCUT2D eigenvalue weighted by Gasteiger charge is -2.43. The molecule has 2 amide bonds. The van der Waals surface area contributed by atoms with Gasteiger partial charge in [0.25, 0.3) is 17.6 Å². The number of pyridine rings is 1. The molecule has 2 aromatic carbocycles. The highest BCUT2D eigenvalue weighted by Gasteiger charge is 2.60. The lowest BCUT2D eigenvalue weighted by Crippen LogP contribution is -2.55. The number of halogens is 4. The number of anilines is 2. The third kappa shape index (κ3) is 4.33. The highest BCUT2D eigenvalue weighted by molar-refractivity contribution is 7.81. The molecule has 1 aliphatic carbocycles. The van der Waals surface area contributed by atoms with E-state index < -0.39 is 40.7 Å². The number of thiocarbonyl (C=S) groups is 1.